The highest BCUT2D eigenvalue weighted by atomic mass is 31.2. The number of rotatable bonds is 5. The minimum atomic E-state index is -1.87. The summed E-state index contributed by atoms with van der Waals surface area (Å²) in [6.45, 7) is 16.4. The summed E-state index contributed by atoms with van der Waals surface area (Å²) in [6.07, 6.45) is -2.85. The Labute approximate surface area is 264 Å². The van der Waals surface area contributed by atoms with Crippen LogP contribution in [-0.4, -0.2) is 41.2 Å². The van der Waals surface area contributed by atoms with Crippen molar-refractivity contribution in [3.63, 3.8) is 0 Å². The van der Waals surface area contributed by atoms with Crippen molar-refractivity contribution in [1.82, 2.24) is 4.67 Å². The van der Waals surface area contributed by atoms with Gasteiger partial charge in [-0.05, 0) is 136 Å². The smallest absolute Gasteiger partial charge is 0.260 e. The molecule has 6 heteroatoms. The van der Waals surface area contributed by atoms with Gasteiger partial charge in [-0.1, -0.05) is 72.8 Å². The molecule has 0 aromatic heterocycles. The number of hydrogen-bond donors (Lipinski definition) is 2. The minimum Gasteiger partial charge on any atom is -0.386 e. The maximum absolute atomic E-state index is 13.1. The molecule has 232 valence electrons. The lowest BCUT2D eigenvalue weighted by Crippen LogP contribution is -2.56. The molecule has 4 aromatic rings. The van der Waals surface area contributed by atoms with Crippen LogP contribution in [0.5, 0.6) is 0 Å². The van der Waals surface area contributed by atoms with E-state index in [0.29, 0.717) is 0 Å². The molecular formula is C38H46NO4P. The third-order valence-corrected chi connectivity index (χ3v) is 10.9. The van der Waals surface area contributed by atoms with E-state index in [1.807, 2.05) is 147 Å². The topological polar surface area (TPSA) is 62.2 Å². The molecule has 0 amide bonds. The van der Waals surface area contributed by atoms with Gasteiger partial charge in [0.1, 0.15) is 12.2 Å². The standard InChI is InChI=1S/C38H46NO4P/c1-23-15-11-16-24(2)31(23)37(32-25(3)17-12-18-26(32)4)35(40)36(41)38(43-44(42-37)39(9)10,33-27(5)19-13-20-28(33)6)34-29(7)21-14-22-30(34)8/h11-22,35-36,40-41H,1-10H3/t35-,36-/m1/s1. The minimum absolute atomic E-state index is 0.848. The van der Waals surface area contributed by atoms with Crippen molar-refractivity contribution in [2.24, 2.45) is 0 Å². The Kier molecular flexibility index (Phi) is 8.96. The molecule has 44 heavy (non-hydrogen) atoms. The largest absolute Gasteiger partial charge is 0.386 e. The second kappa shape index (κ2) is 12.1. The van der Waals surface area contributed by atoms with E-state index >= 15 is 0 Å². The molecule has 0 unspecified atom stereocenters. The van der Waals surface area contributed by atoms with Gasteiger partial charge in [-0.25, -0.2) is 4.67 Å². The maximum Gasteiger partial charge on any atom is 0.260 e. The highest BCUT2D eigenvalue weighted by Gasteiger charge is 2.62. The van der Waals surface area contributed by atoms with Gasteiger partial charge in [0, 0.05) is 0 Å². The monoisotopic (exact) mass is 611 g/mol. The molecular weight excluding hydrogens is 565 g/mol. The van der Waals surface area contributed by atoms with E-state index in [-0.39, 0.29) is 0 Å². The molecule has 1 fully saturated rings. The third-order valence-electron chi connectivity index (χ3n) is 9.31. The zero-order valence-electron chi connectivity index (χ0n) is 27.7. The van der Waals surface area contributed by atoms with Crippen LogP contribution in [0.1, 0.15) is 66.8 Å². The lowest BCUT2D eigenvalue weighted by molar-refractivity contribution is -0.124. The molecule has 0 spiro atoms. The number of aryl methyl sites for hydroxylation is 8. The zero-order valence-corrected chi connectivity index (χ0v) is 28.6. The normalized spacial score (nSPS) is 20.1. The maximum atomic E-state index is 13.1. The highest BCUT2D eigenvalue weighted by molar-refractivity contribution is 7.44. The molecule has 2 atom stereocenters. The summed E-state index contributed by atoms with van der Waals surface area (Å²) in [7, 11) is 2.01. The molecule has 0 bridgehead atoms. The summed E-state index contributed by atoms with van der Waals surface area (Å²) in [4.78, 5) is 0. The Morgan fingerprint density at radius 3 is 0.864 bits per heavy atom. The first kappa shape index (κ1) is 32.5. The van der Waals surface area contributed by atoms with Crippen molar-refractivity contribution in [3.05, 3.63) is 140 Å². The van der Waals surface area contributed by atoms with E-state index < -0.39 is 31.9 Å². The molecule has 5 nitrogen and oxygen atoms in total. The highest BCUT2D eigenvalue weighted by Crippen LogP contribution is 2.64. The van der Waals surface area contributed by atoms with Crippen LogP contribution in [0, 0.1) is 55.4 Å². The number of aliphatic hydroxyl groups excluding tert-OH is 2. The summed E-state index contributed by atoms with van der Waals surface area (Å²) < 4.78 is 16.7. The SMILES string of the molecule is Cc1cccc(C)c1C1(c2c(C)cccc2C)OP(N(C)C)OC(c2c(C)cccc2C)(c2c(C)cccc2C)[C@H](O)[C@H]1O. The fourth-order valence-electron chi connectivity index (χ4n) is 7.61. The Bertz CT molecular complexity index is 1390. The van der Waals surface area contributed by atoms with Crippen LogP contribution in [-0.2, 0) is 20.2 Å². The van der Waals surface area contributed by atoms with Crippen molar-refractivity contribution in [2.45, 2.75) is 78.8 Å². The number of benzene rings is 4. The van der Waals surface area contributed by atoms with Crippen LogP contribution in [0.3, 0.4) is 0 Å². The molecule has 1 aliphatic heterocycles. The molecule has 0 saturated carbocycles. The zero-order chi connectivity index (χ0) is 32.1. The fraction of sp³-hybridized carbons (Fsp3) is 0.368. The quantitative estimate of drug-likeness (QED) is 0.225. The van der Waals surface area contributed by atoms with E-state index in [1.165, 1.54) is 0 Å². The number of nitrogens with zero attached hydrogens (tertiary/aromatic N) is 1. The summed E-state index contributed by atoms with van der Waals surface area (Å²) in [5, 5.41) is 26.3. The third kappa shape index (κ3) is 4.95. The first-order valence-electron chi connectivity index (χ1n) is 15.3. The molecule has 2 N–H and O–H groups in total. The first-order valence-corrected chi connectivity index (χ1v) is 16.4. The van der Waals surface area contributed by atoms with E-state index in [4.69, 9.17) is 9.05 Å². The predicted molar refractivity (Wildman–Crippen MR) is 180 cm³/mol. The van der Waals surface area contributed by atoms with E-state index in [9.17, 15) is 10.2 Å². The van der Waals surface area contributed by atoms with Crippen LogP contribution in [0.15, 0.2) is 72.8 Å². The molecule has 0 radical (unpaired) electrons. The van der Waals surface area contributed by atoms with Crippen molar-refractivity contribution in [1.29, 1.82) is 0 Å². The second-order valence-electron chi connectivity index (χ2n) is 12.7. The Morgan fingerprint density at radius 2 is 0.682 bits per heavy atom. The Balaban J connectivity index is 2.01. The Morgan fingerprint density at radius 1 is 0.477 bits per heavy atom. The second-order valence-corrected chi connectivity index (χ2v) is 14.3. The van der Waals surface area contributed by atoms with Gasteiger partial charge < -0.3 is 19.3 Å². The summed E-state index contributed by atoms with van der Waals surface area (Å²) in [5.41, 5.74) is 8.27. The van der Waals surface area contributed by atoms with E-state index in [2.05, 4.69) is 0 Å². The molecule has 5 rings (SSSR count). The van der Waals surface area contributed by atoms with Gasteiger partial charge in [0.05, 0.1) is 0 Å². The van der Waals surface area contributed by atoms with Crippen LogP contribution in [0.2, 0.25) is 0 Å². The van der Waals surface area contributed by atoms with Crippen molar-refractivity contribution >= 4 is 8.53 Å². The lowest BCUT2D eigenvalue weighted by atomic mass is 9.67. The average Bonchev–Trinajstić information content (AvgIpc) is 3.03. The lowest BCUT2D eigenvalue weighted by Gasteiger charge is -2.45. The van der Waals surface area contributed by atoms with Gasteiger partial charge in [0.2, 0.25) is 0 Å². The Hall–Kier alpha value is -2.89. The molecule has 4 aromatic carbocycles. The number of hydrogen-bond acceptors (Lipinski definition) is 5. The summed E-state index contributed by atoms with van der Waals surface area (Å²) in [6, 6.07) is 24.5. The van der Waals surface area contributed by atoms with Crippen LogP contribution >= 0.6 is 8.53 Å². The van der Waals surface area contributed by atoms with Crippen LogP contribution < -0.4 is 0 Å². The molecule has 1 aliphatic rings. The molecule has 0 aliphatic carbocycles. The molecule has 1 saturated heterocycles. The van der Waals surface area contributed by atoms with Crippen LogP contribution in [0.4, 0.5) is 0 Å². The fourth-order valence-corrected chi connectivity index (χ4v) is 9.04. The average molecular weight is 612 g/mol. The van der Waals surface area contributed by atoms with Crippen molar-refractivity contribution < 1.29 is 19.3 Å². The van der Waals surface area contributed by atoms with Crippen LogP contribution in [0.25, 0.3) is 0 Å². The first-order chi connectivity index (χ1) is 20.8. The predicted octanol–water partition coefficient (Wildman–Crippen LogP) is 7.90. The van der Waals surface area contributed by atoms with Gasteiger partial charge in [-0.15, -0.1) is 0 Å². The number of aliphatic hydroxyl groups is 2. The summed E-state index contributed by atoms with van der Waals surface area (Å²) in [5.74, 6) is 0. The summed E-state index contributed by atoms with van der Waals surface area (Å²) >= 11 is 0. The van der Waals surface area contributed by atoms with Gasteiger partial charge in [0.25, 0.3) is 8.53 Å². The van der Waals surface area contributed by atoms with Gasteiger partial charge in [-0.3, -0.25) is 0 Å². The molecule has 1 heterocycles. The van der Waals surface area contributed by atoms with Gasteiger partial charge >= 0.3 is 0 Å². The van der Waals surface area contributed by atoms with Gasteiger partial charge in [0.15, 0.2) is 11.2 Å². The van der Waals surface area contributed by atoms with Crippen molar-refractivity contribution in [3.8, 4) is 0 Å². The van der Waals surface area contributed by atoms with Crippen molar-refractivity contribution in [2.75, 3.05) is 14.1 Å². The van der Waals surface area contributed by atoms with E-state index in [1.54, 1.807) is 0 Å². The van der Waals surface area contributed by atoms with E-state index in [0.717, 1.165) is 66.8 Å². The van der Waals surface area contributed by atoms with Gasteiger partial charge in [-0.2, -0.15) is 0 Å².